The Morgan fingerprint density at radius 1 is 1.12 bits per heavy atom. The summed E-state index contributed by atoms with van der Waals surface area (Å²) >= 11 is -1.62. The molecule has 0 fully saturated rings. The minimum Gasteiger partial charge on any atom is 0 e. The summed E-state index contributed by atoms with van der Waals surface area (Å²) in [6, 6.07) is 6.09. The van der Waals surface area contributed by atoms with E-state index in [0.717, 1.165) is 0 Å². The van der Waals surface area contributed by atoms with Crippen LogP contribution in [0.2, 0.25) is 0 Å². The number of nitrogens with one attached hydrogen (secondary N) is 1. The fourth-order valence-corrected chi connectivity index (χ4v) is 2.29. The van der Waals surface area contributed by atoms with Crippen molar-refractivity contribution in [1.29, 1.82) is 0 Å². The second-order valence-electron chi connectivity index (χ2n) is 2.50. The Kier molecular flexibility index (Phi) is 8.28. The quantitative estimate of drug-likeness (QED) is 0.533. The van der Waals surface area contributed by atoms with Crippen molar-refractivity contribution in [2.24, 2.45) is 0 Å². The van der Waals surface area contributed by atoms with Crippen LogP contribution < -0.4 is 4.72 Å². The van der Waals surface area contributed by atoms with Crippen LogP contribution in [-0.4, -0.2) is 52.2 Å². The first-order valence-electron chi connectivity index (χ1n) is 3.61. The number of rotatable bonds is 0. The van der Waals surface area contributed by atoms with Crippen LogP contribution >= 0.6 is 0 Å². The maximum absolute atomic E-state index is 11.1. The van der Waals surface area contributed by atoms with Crippen LogP contribution in [0.15, 0.2) is 29.2 Å². The second kappa shape index (κ2) is 7.56. The minimum absolute atomic E-state index is 0. The first-order valence-corrected chi connectivity index (χ1v) is 6.49. The van der Waals surface area contributed by atoms with Crippen LogP contribution in [0.1, 0.15) is 10.4 Å². The third kappa shape index (κ3) is 4.21. The fraction of sp³-hybridized carbons (Fsp3) is 0. The molecule has 1 aromatic carbocycles. The van der Waals surface area contributed by atoms with E-state index in [1.54, 1.807) is 12.1 Å². The van der Waals surface area contributed by atoms with Crippen molar-refractivity contribution in [2.45, 2.75) is 4.90 Å². The molecule has 3 N–H and O–H groups in total. The Balaban J connectivity index is 0. The minimum atomic E-state index is -3.55. The van der Waals surface area contributed by atoms with Crippen molar-refractivity contribution in [3.8, 4) is 0 Å². The van der Waals surface area contributed by atoms with Gasteiger partial charge in [0.15, 0.2) is 0 Å². The second-order valence-corrected chi connectivity index (χ2v) is 4.44. The maximum atomic E-state index is 11.1. The number of hydrogen-bond donors (Lipinski definition) is 1. The molecule has 10 heteroatoms. The molecule has 1 amide bonds. The molecule has 2 rings (SSSR count). The number of benzene rings is 1. The molecule has 1 aliphatic heterocycles. The summed E-state index contributed by atoms with van der Waals surface area (Å²) in [6.45, 7) is 0. The van der Waals surface area contributed by atoms with Gasteiger partial charge in [0.05, 0.1) is 5.56 Å². The van der Waals surface area contributed by atoms with E-state index in [1.165, 1.54) is 12.1 Å². The monoisotopic (exact) mass is 387 g/mol. The normalized spacial score (nSPS) is 13.8. The summed E-state index contributed by atoms with van der Waals surface area (Å²) in [7, 11) is -3.55. The van der Waals surface area contributed by atoms with E-state index in [9.17, 15) is 13.2 Å². The largest absolute Gasteiger partial charge is 0 e. The summed E-state index contributed by atoms with van der Waals surface area (Å²) in [5.74, 6) is -0.550. The predicted molar refractivity (Wildman–Crippen MR) is 57.6 cm³/mol. The molecule has 0 saturated heterocycles. The van der Waals surface area contributed by atoms with E-state index >= 15 is 0 Å². The zero-order chi connectivity index (χ0) is 11.5. The average Bonchev–Trinajstić information content (AvgIpc) is 2.40. The number of carbonyl (C=O) groups excluding carboxylic acids is 1. The Morgan fingerprint density at radius 3 is 2.06 bits per heavy atom. The van der Waals surface area contributed by atoms with E-state index in [1.807, 2.05) is 4.72 Å². The van der Waals surface area contributed by atoms with Gasteiger partial charge in [-0.3, -0.25) is 4.79 Å². The molecule has 17 heavy (non-hydrogen) atoms. The third-order valence-corrected chi connectivity index (χ3v) is 3.04. The number of carbonyl (C=O) groups is 1. The molecule has 0 aliphatic carbocycles. The summed E-state index contributed by atoms with van der Waals surface area (Å²) < 4.78 is 41.0. The van der Waals surface area contributed by atoms with E-state index in [2.05, 4.69) is 0 Å². The van der Waals surface area contributed by atoms with Gasteiger partial charge in [-0.1, -0.05) is 12.1 Å². The van der Waals surface area contributed by atoms with Gasteiger partial charge in [-0.25, -0.2) is 13.1 Å². The zero-order valence-electron chi connectivity index (χ0n) is 8.17. The first kappa shape index (κ1) is 18.6. The zero-order valence-corrected chi connectivity index (χ0v) is 12.8. The van der Waals surface area contributed by atoms with E-state index in [0.29, 0.717) is 0 Å². The first-order chi connectivity index (χ1) is 7.03. The summed E-state index contributed by atoms with van der Waals surface area (Å²) in [5.41, 5.74) is 0.220. The van der Waals surface area contributed by atoms with Crippen LogP contribution in [-0.2, 0) is 17.7 Å². The standard InChI is InChI=1S/C7H5NO3S.Ge.O2Se.H2O/c9-7-5-3-1-2-4-6(5)12(10,11)8-7;;1-3-2;/h1-4H,(H,8,9);;;1H2. The summed E-state index contributed by atoms with van der Waals surface area (Å²) in [4.78, 5) is 11.1. The van der Waals surface area contributed by atoms with E-state index in [4.69, 9.17) is 7.67 Å². The molecule has 7 nitrogen and oxygen atoms in total. The van der Waals surface area contributed by atoms with Gasteiger partial charge in [-0.2, -0.15) is 0 Å². The van der Waals surface area contributed by atoms with Gasteiger partial charge >= 0.3 is 22.5 Å². The molecule has 0 unspecified atom stereocenters. The van der Waals surface area contributed by atoms with Crippen molar-refractivity contribution in [1.82, 2.24) is 4.72 Å². The maximum Gasteiger partial charge on any atom is 0 e. The van der Waals surface area contributed by atoms with Gasteiger partial charge in [-0.15, -0.1) is 0 Å². The van der Waals surface area contributed by atoms with E-state index < -0.39 is 30.8 Å². The van der Waals surface area contributed by atoms with Crippen LogP contribution in [0.4, 0.5) is 0 Å². The van der Waals surface area contributed by atoms with Gasteiger partial charge in [0.2, 0.25) is 0 Å². The van der Waals surface area contributed by atoms with Crippen molar-refractivity contribution in [3.05, 3.63) is 29.8 Å². The smallest absolute Gasteiger partial charge is 0 e. The molecule has 1 aromatic rings. The number of sulfonamides is 1. The molecule has 0 aromatic heterocycles. The Hall–Kier alpha value is -0.738. The Morgan fingerprint density at radius 2 is 1.59 bits per heavy atom. The van der Waals surface area contributed by atoms with Crippen LogP contribution in [0, 0.1) is 0 Å². The molecule has 1 aliphatic rings. The summed E-state index contributed by atoms with van der Waals surface area (Å²) in [6.07, 6.45) is 0. The van der Waals surface area contributed by atoms with Crippen LogP contribution in [0.3, 0.4) is 0 Å². The van der Waals surface area contributed by atoms with E-state index in [-0.39, 0.29) is 33.5 Å². The number of hydrogen-bond acceptors (Lipinski definition) is 5. The van der Waals surface area contributed by atoms with Crippen molar-refractivity contribution < 1.29 is 26.4 Å². The van der Waals surface area contributed by atoms with Gasteiger partial charge in [-0.05, 0) is 12.1 Å². The van der Waals surface area contributed by atoms with Gasteiger partial charge in [0, 0.05) is 17.6 Å². The molecular formula is C7H7GeNO6SSe. The Labute approximate surface area is 114 Å². The Bertz CT molecular complexity index is 539. The molecule has 0 atom stereocenters. The van der Waals surface area contributed by atoms with Crippen molar-refractivity contribution >= 4 is 48.3 Å². The van der Waals surface area contributed by atoms with Gasteiger partial charge in [0.25, 0.3) is 15.9 Å². The molecule has 92 valence electrons. The van der Waals surface area contributed by atoms with Crippen molar-refractivity contribution in [2.75, 3.05) is 0 Å². The predicted octanol–water partition coefficient (Wildman–Crippen LogP) is -1.71. The summed E-state index contributed by atoms with van der Waals surface area (Å²) in [5, 5.41) is 0. The topological polar surface area (TPSA) is 129 Å². The van der Waals surface area contributed by atoms with Crippen LogP contribution in [0.25, 0.3) is 0 Å². The third-order valence-electron chi connectivity index (χ3n) is 1.65. The van der Waals surface area contributed by atoms with Gasteiger partial charge < -0.3 is 5.48 Å². The number of amides is 1. The average molecular weight is 385 g/mol. The van der Waals surface area contributed by atoms with Crippen molar-refractivity contribution in [3.63, 3.8) is 0 Å². The molecule has 4 radical (unpaired) electrons. The molecule has 0 spiro atoms. The molecule has 0 saturated carbocycles. The van der Waals surface area contributed by atoms with Gasteiger partial charge in [0.1, 0.15) is 4.90 Å². The molecular weight excluding hydrogens is 378 g/mol. The fourth-order valence-electron chi connectivity index (χ4n) is 1.12. The molecule has 1 heterocycles. The SMILES string of the molecule is O.O=C1NS(=O)(=O)c2ccccc21.O=[Se]=O.[Ge]. The molecule has 0 bridgehead atoms. The number of fused-ring (bicyclic) bond motifs is 1. The van der Waals surface area contributed by atoms with Crippen LogP contribution in [0.5, 0.6) is 0 Å².